The van der Waals surface area contributed by atoms with Crippen molar-refractivity contribution >= 4 is 64.1 Å². The smallest absolute Gasteiger partial charge is 0.345 e. The third-order valence-corrected chi connectivity index (χ3v) is 6.56. The number of hydrogen-bond donors (Lipinski definition) is 0. The number of methoxy groups -OCH3 is 1. The lowest BCUT2D eigenvalue weighted by molar-refractivity contribution is -0.147. The molecule has 0 saturated carbocycles. The van der Waals surface area contributed by atoms with Crippen molar-refractivity contribution in [2.75, 3.05) is 25.2 Å². The van der Waals surface area contributed by atoms with E-state index in [4.69, 9.17) is 49.0 Å². The molecule has 0 radical (unpaired) electrons. The molecule has 1 fully saturated rings. The first-order chi connectivity index (χ1) is 18.2. The molecule has 1 aliphatic rings. The van der Waals surface area contributed by atoms with E-state index in [0.29, 0.717) is 21.5 Å². The Morgan fingerprint density at radius 2 is 1.63 bits per heavy atom. The monoisotopic (exact) mass is 575 g/mol. The minimum Gasteiger partial charge on any atom is -0.495 e. The molecule has 4 rings (SSSR count). The lowest BCUT2D eigenvalue weighted by Crippen LogP contribution is -2.27. The van der Waals surface area contributed by atoms with E-state index < -0.39 is 30.2 Å². The van der Waals surface area contributed by atoms with Crippen LogP contribution in [0, 0.1) is 5.92 Å². The average Bonchev–Trinajstić information content (AvgIpc) is 3.28. The number of esters is 2. The summed E-state index contributed by atoms with van der Waals surface area (Å²) in [5, 5.41) is 0.947. The van der Waals surface area contributed by atoms with Gasteiger partial charge >= 0.3 is 11.9 Å². The fraction of sp³-hybridized carbons (Fsp3) is 0.185. The Labute approximate surface area is 232 Å². The number of benzene rings is 3. The van der Waals surface area contributed by atoms with Gasteiger partial charge in [-0.3, -0.25) is 14.4 Å². The largest absolute Gasteiger partial charge is 0.495 e. The number of hydrogen-bond acceptors (Lipinski definition) is 7. The molecule has 0 unspecified atom stereocenters. The highest BCUT2D eigenvalue weighted by Crippen LogP contribution is 2.35. The Morgan fingerprint density at radius 3 is 2.32 bits per heavy atom. The van der Waals surface area contributed by atoms with Gasteiger partial charge in [0.2, 0.25) is 5.91 Å². The molecule has 196 valence electrons. The van der Waals surface area contributed by atoms with Crippen molar-refractivity contribution in [3.05, 3.63) is 86.9 Å². The Hall–Kier alpha value is -3.59. The molecular weight excluding hydrogens is 557 g/mol. The van der Waals surface area contributed by atoms with Crippen LogP contribution in [0.2, 0.25) is 15.1 Å². The van der Waals surface area contributed by atoms with Crippen molar-refractivity contribution in [2.45, 2.75) is 6.42 Å². The van der Waals surface area contributed by atoms with Crippen LogP contribution in [0.3, 0.4) is 0 Å². The van der Waals surface area contributed by atoms with Crippen LogP contribution in [-0.2, 0) is 14.3 Å². The lowest BCUT2D eigenvalue weighted by atomic mass is 10.1. The number of anilines is 1. The van der Waals surface area contributed by atoms with E-state index >= 15 is 0 Å². The fourth-order valence-electron chi connectivity index (χ4n) is 3.84. The van der Waals surface area contributed by atoms with Crippen molar-refractivity contribution in [1.82, 2.24) is 0 Å². The van der Waals surface area contributed by atoms with Crippen LogP contribution in [0.25, 0.3) is 0 Å². The topological polar surface area (TPSA) is 99.2 Å². The van der Waals surface area contributed by atoms with Crippen molar-refractivity contribution in [3.8, 4) is 11.5 Å². The zero-order chi connectivity index (χ0) is 27.4. The second-order valence-electron chi connectivity index (χ2n) is 8.29. The maximum Gasteiger partial charge on any atom is 0.345 e. The zero-order valence-electron chi connectivity index (χ0n) is 19.9. The minimum atomic E-state index is -0.750. The molecule has 1 atom stereocenters. The van der Waals surface area contributed by atoms with Crippen LogP contribution in [0.1, 0.15) is 27.1 Å². The van der Waals surface area contributed by atoms with Gasteiger partial charge in [-0.05, 0) is 60.7 Å². The summed E-state index contributed by atoms with van der Waals surface area (Å²) in [6, 6.07) is 15.0. The predicted octanol–water partition coefficient (Wildman–Crippen LogP) is 5.65. The first-order valence-corrected chi connectivity index (χ1v) is 12.4. The maximum atomic E-state index is 12.6. The number of nitrogens with zero attached hydrogens (tertiary/aromatic N) is 1. The van der Waals surface area contributed by atoms with Gasteiger partial charge in [0.05, 0.1) is 29.3 Å². The third kappa shape index (κ3) is 6.27. The molecule has 0 N–H and O–H groups in total. The molecule has 11 heteroatoms. The normalized spacial score (nSPS) is 14.8. The number of ether oxygens (including phenoxy) is 3. The molecule has 8 nitrogen and oxygen atoms in total. The standard InChI is InChI=1S/C27H20Cl3NO7/c1-36-24-9-5-18(29)12-22(24)31-13-16(10-25(31)33)26(34)37-14-23(32)15-2-6-19(7-3-15)38-27(35)20-8-4-17(28)11-21(20)30/h2-9,11-12,16H,10,13-14H2,1H3/t16-/m1/s1. The molecule has 1 heterocycles. The van der Waals surface area contributed by atoms with Gasteiger partial charge in [0.25, 0.3) is 0 Å². The molecule has 1 amide bonds. The van der Waals surface area contributed by atoms with Gasteiger partial charge in [-0.2, -0.15) is 0 Å². The van der Waals surface area contributed by atoms with Crippen LogP contribution in [0.5, 0.6) is 11.5 Å². The highest BCUT2D eigenvalue weighted by Gasteiger charge is 2.37. The fourth-order valence-corrected chi connectivity index (χ4v) is 4.49. The van der Waals surface area contributed by atoms with Gasteiger partial charge in [0.1, 0.15) is 11.5 Å². The van der Waals surface area contributed by atoms with Crippen LogP contribution in [0.15, 0.2) is 60.7 Å². The molecule has 3 aromatic carbocycles. The number of amides is 1. The van der Waals surface area contributed by atoms with E-state index in [2.05, 4.69) is 0 Å². The van der Waals surface area contributed by atoms with Crippen molar-refractivity contribution in [3.63, 3.8) is 0 Å². The highest BCUT2D eigenvalue weighted by molar-refractivity contribution is 6.36. The number of carbonyl (C=O) groups excluding carboxylic acids is 4. The molecule has 1 saturated heterocycles. The predicted molar refractivity (Wildman–Crippen MR) is 142 cm³/mol. The van der Waals surface area contributed by atoms with Crippen LogP contribution in [0.4, 0.5) is 5.69 Å². The molecule has 1 aliphatic heterocycles. The average molecular weight is 577 g/mol. The molecule has 0 spiro atoms. The first-order valence-electron chi connectivity index (χ1n) is 11.3. The molecule has 0 bridgehead atoms. The Morgan fingerprint density at radius 1 is 0.947 bits per heavy atom. The summed E-state index contributed by atoms with van der Waals surface area (Å²) in [5.74, 6) is -2.22. The van der Waals surface area contributed by atoms with Crippen molar-refractivity contribution in [1.29, 1.82) is 0 Å². The SMILES string of the molecule is COc1ccc(Cl)cc1N1C[C@H](C(=O)OCC(=O)c2ccc(OC(=O)c3ccc(Cl)cc3Cl)cc2)CC1=O. The summed E-state index contributed by atoms with van der Waals surface area (Å²) in [6.07, 6.45) is -0.0691. The second-order valence-corrected chi connectivity index (χ2v) is 9.57. The second kappa shape index (κ2) is 11.9. The summed E-state index contributed by atoms with van der Waals surface area (Å²) in [4.78, 5) is 51.5. The number of carbonyl (C=O) groups is 4. The lowest BCUT2D eigenvalue weighted by Gasteiger charge is -2.19. The molecule has 38 heavy (non-hydrogen) atoms. The summed E-state index contributed by atoms with van der Waals surface area (Å²) < 4.78 is 15.8. The number of ketones is 1. The summed E-state index contributed by atoms with van der Waals surface area (Å²) in [7, 11) is 1.47. The number of rotatable bonds is 8. The third-order valence-electron chi connectivity index (χ3n) is 5.77. The van der Waals surface area contributed by atoms with E-state index in [1.165, 1.54) is 54.5 Å². The maximum absolute atomic E-state index is 12.6. The van der Waals surface area contributed by atoms with Crippen LogP contribution >= 0.6 is 34.8 Å². The Balaban J connectivity index is 1.32. The van der Waals surface area contributed by atoms with E-state index in [-0.39, 0.29) is 40.8 Å². The van der Waals surface area contributed by atoms with Gasteiger partial charge in [0.15, 0.2) is 12.4 Å². The molecular formula is C27H20Cl3NO7. The summed E-state index contributed by atoms with van der Waals surface area (Å²) >= 11 is 17.9. The Kier molecular flexibility index (Phi) is 8.56. The van der Waals surface area contributed by atoms with Gasteiger partial charge in [-0.25, -0.2) is 4.79 Å². The van der Waals surface area contributed by atoms with Crippen molar-refractivity contribution < 1.29 is 33.4 Å². The molecule has 0 aromatic heterocycles. The number of halogens is 3. The molecule has 3 aromatic rings. The Bertz CT molecular complexity index is 1410. The van der Waals surface area contributed by atoms with Crippen LogP contribution < -0.4 is 14.4 Å². The number of Topliss-reactive ketones (excluding diaryl/α,β-unsaturated/α-hetero) is 1. The zero-order valence-corrected chi connectivity index (χ0v) is 22.2. The van der Waals surface area contributed by atoms with Crippen LogP contribution in [-0.4, -0.2) is 43.9 Å². The van der Waals surface area contributed by atoms with Crippen molar-refractivity contribution in [2.24, 2.45) is 5.92 Å². The van der Waals surface area contributed by atoms with E-state index in [1.54, 1.807) is 18.2 Å². The highest BCUT2D eigenvalue weighted by atomic mass is 35.5. The van der Waals surface area contributed by atoms with Gasteiger partial charge in [-0.15, -0.1) is 0 Å². The van der Waals surface area contributed by atoms with E-state index in [9.17, 15) is 19.2 Å². The summed E-state index contributed by atoms with van der Waals surface area (Å²) in [6.45, 7) is -0.441. The molecule has 0 aliphatic carbocycles. The van der Waals surface area contributed by atoms with Gasteiger partial charge in [-0.1, -0.05) is 34.8 Å². The quantitative estimate of drug-likeness (QED) is 0.194. The van der Waals surface area contributed by atoms with E-state index in [1.807, 2.05) is 0 Å². The van der Waals surface area contributed by atoms with E-state index in [0.717, 1.165) is 0 Å². The van der Waals surface area contributed by atoms with Gasteiger partial charge < -0.3 is 19.1 Å². The minimum absolute atomic E-state index is 0.0691. The first kappa shape index (κ1) is 27.4. The summed E-state index contributed by atoms with van der Waals surface area (Å²) in [5.41, 5.74) is 0.839. The van der Waals surface area contributed by atoms with Gasteiger partial charge in [0, 0.05) is 28.6 Å².